The molecule has 0 heterocycles. The quantitative estimate of drug-likeness (QED) is 0.243. The van der Waals surface area contributed by atoms with Crippen molar-refractivity contribution in [3.8, 4) is 11.5 Å². The maximum atomic E-state index is 13.5. The minimum atomic E-state index is -0.513. The molecule has 4 aromatic carbocycles. The molecule has 0 saturated heterocycles. The molecule has 0 spiro atoms. The average molecular weight is 513 g/mol. The fourth-order valence-corrected chi connectivity index (χ4v) is 4.69. The molecule has 0 aliphatic carbocycles. The van der Waals surface area contributed by atoms with E-state index in [4.69, 9.17) is 9.47 Å². The van der Waals surface area contributed by atoms with Gasteiger partial charge in [-0.2, -0.15) is 0 Å². The lowest BCUT2D eigenvalue weighted by Crippen LogP contribution is -2.19. The normalized spacial score (nSPS) is 11.3. The number of anilines is 2. The molecule has 2 amide bonds. The Labute approximate surface area is 221 Å². The maximum Gasteiger partial charge on any atom is 0.255 e. The first-order valence-corrected chi connectivity index (χ1v) is 12.6. The van der Waals surface area contributed by atoms with Crippen LogP contribution >= 0.6 is 11.8 Å². The van der Waals surface area contributed by atoms with E-state index in [0.29, 0.717) is 28.4 Å². The predicted molar refractivity (Wildman–Crippen MR) is 149 cm³/mol. The molecule has 0 saturated carbocycles. The van der Waals surface area contributed by atoms with Crippen LogP contribution in [0.1, 0.15) is 26.7 Å². The molecule has 2 N–H and O–H groups in total. The Bertz CT molecular complexity index is 1360. The number of rotatable bonds is 9. The second kappa shape index (κ2) is 12.1. The van der Waals surface area contributed by atoms with Crippen LogP contribution in [0.25, 0.3) is 0 Å². The lowest BCUT2D eigenvalue weighted by atomic mass is 10.1. The number of amides is 2. The molecule has 0 bridgehead atoms. The summed E-state index contributed by atoms with van der Waals surface area (Å²) in [6.45, 7) is 1.98. The predicted octanol–water partition coefficient (Wildman–Crippen LogP) is 6.74. The number of aryl methyl sites for hydroxylation is 1. The van der Waals surface area contributed by atoms with Gasteiger partial charge in [0.1, 0.15) is 16.7 Å². The highest BCUT2D eigenvalue weighted by molar-refractivity contribution is 8.00. The van der Waals surface area contributed by atoms with Gasteiger partial charge < -0.3 is 20.1 Å². The average Bonchev–Trinajstić information content (AvgIpc) is 2.93. The highest BCUT2D eigenvalue weighted by Gasteiger charge is 2.23. The molecule has 0 fully saturated rings. The van der Waals surface area contributed by atoms with E-state index in [9.17, 15) is 9.59 Å². The second-order valence-electron chi connectivity index (χ2n) is 8.31. The first kappa shape index (κ1) is 25.9. The van der Waals surface area contributed by atoms with E-state index in [0.717, 1.165) is 16.0 Å². The standard InChI is InChI=1S/C30H28N2O4S/c1-20-9-11-22(12-10-20)29(33)31-23-13-16-25(17-14-23)37-28(21-7-5-4-6-8-21)30(34)32-26-18-15-24(35-2)19-27(26)36-3/h4-19,28H,1-3H3,(H,31,33)(H,32,34). The number of thioether (sulfide) groups is 1. The Kier molecular flexibility index (Phi) is 8.48. The summed E-state index contributed by atoms with van der Waals surface area (Å²) < 4.78 is 10.7. The fraction of sp³-hybridized carbons (Fsp3) is 0.133. The Morgan fingerprint density at radius 1 is 0.784 bits per heavy atom. The third kappa shape index (κ3) is 6.71. The van der Waals surface area contributed by atoms with Crippen molar-refractivity contribution in [1.82, 2.24) is 0 Å². The Morgan fingerprint density at radius 2 is 1.49 bits per heavy atom. The number of ether oxygens (including phenoxy) is 2. The third-order valence-corrected chi connectivity index (χ3v) is 6.95. The monoisotopic (exact) mass is 512 g/mol. The summed E-state index contributed by atoms with van der Waals surface area (Å²) in [4.78, 5) is 26.9. The van der Waals surface area contributed by atoms with E-state index in [1.165, 1.54) is 11.8 Å². The van der Waals surface area contributed by atoms with E-state index in [-0.39, 0.29) is 11.8 Å². The van der Waals surface area contributed by atoms with Crippen molar-refractivity contribution in [2.75, 3.05) is 24.9 Å². The molecule has 6 nitrogen and oxygen atoms in total. The molecule has 37 heavy (non-hydrogen) atoms. The molecular weight excluding hydrogens is 484 g/mol. The van der Waals surface area contributed by atoms with Crippen molar-refractivity contribution >= 4 is 35.0 Å². The molecule has 1 unspecified atom stereocenters. The summed E-state index contributed by atoms with van der Waals surface area (Å²) in [5, 5.41) is 5.40. The Morgan fingerprint density at radius 3 is 2.14 bits per heavy atom. The van der Waals surface area contributed by atoms with Gasteiger partial charge in [0, 0.05) is 22.2 Å². The smallest absolute Gasteiger partial charge is 0.255 e. The molecule has 1 atom stereocenters. The van der Waals surface area contributed by atoms with Crippen LogP contribution in [-0.2, 0) is 4.79 Å². The largest absolute Gasteiger partial charge is 0.497 e. The molecule has 0 aromatic heterocycles. The number of carbonyl (C=O) groups is 2. The van der Waals surface area contributed by atoms with Gasteiger partial charge in [0.25, 0.3) is 5.91 Å². The summed E-state index contributed by atoms with van der Waals surface area (Å²) in [5.74, 6) is 0.795. The van der Waals surface area contributed by atoms with E-state index in [2.05, 4.69) is 10.6 Å². The molecule has 4 rings (SSSR count). The van der Waals surface area contributed by atoms with Gasteiger partial charge in [-0.15, -0.1) is 11.8 Å². The van der Waals surface area contributed by atoms with Crippen molar-refractivity contribution in [3.63, 3.8) is 0 Å². The number of nitrogens with one attached hydrogen (secondary N) is 2. The summed E-state index contributed by atoms with van der Waals surface area (Å²) in [7, 11) is 3.13. The minimum absolute atomic E-state index is 0.171. The van der Waals surface area contributed by atoms with Crippen molar-refractivity contribution in [1.29, 1.82) is 0 Å². The summed E-state index contributed by atoms with van der Waals surface area (Å²) in [5.41, 5.74) is 3.80. The number of benzene rings is 4. The lowest BCUT2D eigenvalue weighted by Gasteiger charge is -2.19. The van der Waals surface area contributed by atoms with Gasteiger partial charge in [-0.25, -0.2) is 0 Å². The van der Waals surface area contributed by atoms with Gasteiger partial charge in [-0.05, 0) is 61.0 Å². The number of hydrogen-bond donors (Lipinski definition) is 2. The number of carbonyl (C=O) groups excluding carboxylic acids is 2. The second-order valence-corrected chi connectivity index (χ2v) is 9.49. The Hall–Kier alpha value is -4.23. The maximum absolute atomic E-state index is 13.5. The zero-order valence-corrected chi connectivity index (χ0v) is 21.7. The van der Waals surface area contributed by atoms with E-state index >= 15 is 0 Å². The molecular formula is C30H28N2O4S. The van der Waals surface area contributed by atoms with Crippen molar-refractivity contribution in [3.05, 3.63) is 114 Å². The first-order valence-electron chi connectivity index (χ1n) is 11.7. The van der Waals surface area contributed by atoms with E-state index in [1.54, 1.807) is 44.6 Å². The SMILES string of the molecule is COc1ccc(NC(=O)C(Sc2ccc(NC(=O)c3ccc(C)cc3)cc2)c2ccccc2)c(OC)c1. The van der Waals surface area contributed by atoms with Crippen LogP contribution in [0, 0.1) is 6.92 Å². The molecule has 0 aliphatic heterocycles. The van der Waals surface area contributed by atoms with Crippen LogP contribution in [-0.4, -0.2) is 26.0 Å². The van der Waals surface area contributed by atoms with Crippen molar-refractivity contribution in [2.45, 2.75) is 17.1 Å². The third-order valence-electron chi connectivity index (χ3n) is 5.69. The van der Waals surface area contributed by atoms with Crippen LogP contribution in [0.2, 0.25) is 0 Å². The van der Waals surface area contributed by atoms with Crippen molar-refractivity contribution in [2.24, 2.45) is 0 Å². The summed E-state index contributed by atoms with van der Waals surface area (Å²) in [6, 6.07) is 29.7. The molecule has 188 valence electrons. The highest BCUT2D eigenvalue weighted by atomic mass is 32.2. The zero-order valence-electron chi connectivity index (χ0n) is 20.9. The van der Waals surface area contributed by atoms with Gasteiger partial charge in [0.2, 0.25) is 5.91 Å². The number of hydrogen-bond acceptors (Lipinski definition) is 5. The molecule has 7 heteroatoms. The van der Waals surface area contributed by atoms with Crippen LogP contribution in [0.3, 0.4) is 0 Å². The van der Waals surface area contributed by atoms with Gasteiger partial charge >= 0.3 is 0 Å². The summed E-state index contributed by atoms with van der Waals surface area (Å²) >= 11 is 1.43. The molecule has 0 aliphatic rings. The van der Waals surface area contributed by atoms with Crippen LogP contribution in [0.15, 0.2) is 102 Å². The minimum Gasteiger partial charge on any atom is -0.497 e. The lowest BCUT2D eigenvalue weighted by molar-refractivity contribution is -0.115. The van der Waals surface area contributed by atoms with Crippen LogP contribution in [0.4, 0.5) is 11.4 Å². The van der Waals surface area contributed by atoms with E-state index in [1.807, 2.05) is 73.7 Å². The van der Waals surface area contributed by atoms with Gasteiger partial charge in [0.15, 0.2) is 0 Å². The van der Waals surface area contributed by atoms with Gasteiger partial charge in [-0.3, -0.25) is 9.59 Å². The molecule has 4 aromatic rings. The van der Waals surface area contributed by atoms with E-state index < -0.39 is 5.25 Å². The van der Waals surface area contributed by atoms with Gasteiger partial charge in [-0.1, -0.05) is 48.0 Å². The summed E-state index contributed by atoms with van der Waals surface area (Å²) in [6.07, 6.45) is 0. The van der Waals surface area contributed by atoms with Crippen LogP contribution in [0.5, 0.6) is 11.5 Å². The van der Waals surface area contributed by atoms with Gasteiger partial charge in [0.05, 0.1) is 19.9 Å². The van der Waals surface area contributed by atoms with Crippen molar-refractivity contribution < 1.29 is 19.1 Å². The highest BCUT2D eigenvalue weighted by Crippen LogP contribution is 2.38. The molecule has 0 radical (unpaired) electrons. The Balaban J connectivity index is 1.50. The number of methoxy groups -OCH3 is 2. The zero-order chi connectivity index (χ0) is 26.2. The first-order chi connectivity index (χ1) is 18.0. The van der Waals surface area contributed by atoms with Crippen LogP contribution < -0.4 is 20.1 Å². The topological polar surface area (TPSA) is 76.7 Å². The fourth-order valence-electron chi connectivity index (χ4n) is 3.66.